The molecule has 2 rings (SSSR count). The van der Waals surface area contributed by atoms with E-state index in [9.17, 15) is 8.42 Å². The summed E-state index contributed by atoms with van der Waals surface area (Å²) in [5.74, 6) is 0. The van der Waals surface area contributed by atoms with Crippen LogP contribution in [0.5, 0.6) is 0 Å². The van der Waals surface area contributed by atoms with E-state index in [0.717, 1.165) is 17.4 Å². The molecule has 19 heavy (non-hydrogen) atoms. The molecular weight excluding hydrogens is 262 g/mol. The predicted octanol–water partition coefficient (Wildman–Crippen LogP) is 1.14. The molecule has 0 saturated carbocycles. The Morgan fingerprint density at radius 3 is 2.42 bits per heavy atom. The van der Waals surface area contributed by atoms with Gasteiger partial charge in [-0.25, -0.2) is 8.42 Å². The molecule has 5 nitrogen and oxygen atoms in total. The molecule has 0 bridgehead atoms. The van der Waals surface area contributed by atoms with E-state index in [1.165, 1.54) is 12.4 Å². The second kappa shape index (κ2) is 5.14. The first-order valence-electron chi connectivity index (χ1n) is 5.92. The molecule has 1 heterocycles. The molecule has 2 aromatic rings. The molecule has 1 unspecified atom stereocenters. The Morgan fingerprint density at radius 1 is 1.32 bits per heavy atom. The van der Waals surface area contributed by atoms with E-state index < -0.39 is 9.84 Å². The van der Waals surface area contributed by atoms with Crippen molar-refractivity contribution in [3.05, 3.63) is 47.8 Å². The van der Waals surface area contributed by atoms with Gasteiger partial charge in [0.1, 0.15) is 4.90 Å². The number of rotatable bonds is 4. The summed E-state index contributed by atoms with van der Waals surface area (Å²) < 4.78 is 24.5. The van der Waals surface area contributed by atoms with Gasteiger partial charge in [0.2, 0.25) is 0 Å². The van der Waals surface area contributed by atoms with Crippen LogP contribution >= 0.6 is 0 Å². The number of nitrogens with zero attached hydrogens (tertiary/aromatic N) is 2. The molecule has 0 fully saturated rings. The van der Waals surface area contributed by atoms with Gasteiger partial charge in [-0.3, -0.25) is 4.68 Å². The van der Waals surface area contributed by atoms with Crippen molar-refractivity contribution >= 4 is 9.84 Å². The van der Waals surface area contributed by atoms with Crippen LogP contribution in [0.2, 0.25) is 0 Å². The maximum absolute atomic E-state index is 11.5. The van der Waals surface area contributed by atoms with Gasteiger partial charge in [0.25, 0.3) is 0 Å². The quantitative estimate of drug-likeness (QED) is 0.910. The normalized spacial score (nSPS) is 13.4. The summed E-state index contributed by atoms with van der Waals surface area (Å²) in [5.41, 5.74) is 7.96. The minimum atomic E-state index is -3.24. The number of nitrogens with two attached hydrogens (primary N) is 1. The van der Waals surface area contributed by atoms with Crippen LogP contribution in [0.15, 0.2) is 41.6 Å². The minimum Gasteiger partial charge on any atom is -0.328 e. The average molecular weight is 279 g/mol. The Bertz CT molecular complexity index is 659. The Balaban J connectivity index is 2.37. The van der Waals surface area contributed by atoms with Crippen molar-refractivity contribution in [1.29, 1.82) is 0 Å². The average Bonchev–Trinajstić information content (AvgIpc) is 2.82. The Labute approximate surface area is 113 Å². The van der Waals surface area contributed by atoms with Gasteiger partial charge in [0.05, 0.1) is 12.2 Å². The van der Waals surface area contributed by atoms with Crippen LogP contribution in [0.4, 0.5) is 0 Å². The summed E-state index contributed by atoms with van der Waals surface area (Å²) in [7, 11) is -3.24. The van der Waals surface area contributed by atoms with Crippen molar-refractivity contribution in [1.82, 2.24) is 9.78 Å². The van der Waals surface area contributed by atoms with Gasteiger partial charge in [-0.15, -0.1) is 0 Å². The lowest BCUT2D eigenvalue weighted by molar-refractivity contribution is 0.530. The Kier molecular flexibility index (Phi) is 3.73. The molecule has 1 aromatic carbocycles. The van der Waals surface area contributed by atoms with Crippen molar-refractivity contribution in [2.75, 3.05) is 12.8 Å². The van der Waals surface area contributed by atoms with Gasteiger partial charge >= 0.3 is 0 Å². The van der Waals surface area contributed by atoms with E-state index in [2.05, 4.69) is 5.10 Å². The second-order valence-electron chi connectivity index (χ2n) is 4.59. The van der Waals surface area contributed by atoms with Crippen molar-refractivity contribution in [3.63, 3.8) is 0 Å². The fraction of sp³-hybridized carbons (Fsp3) is 0.308. The molecule has 6 heteroatoms. The fourth-order valence-electron chi connectivity index (χ4n) is 1.87. The fourth-order valence-corrected chi connectivity index (χ4v) is 2.41. The lowest BCUT2D eigenvalue weighted by Crippen LogP contribution is -2.20. The number of hydrogen-bond acceptors (Lipinski definition) is 4. The maximum atomic E-state index is 11.5. The summed E-state index contributed by atoms with van der Waals surface area (Å²) in [6, 6.07) is 7.80. The third-order valence-corrected chi connectivity index (χ3v) is 4.08. The predicted molar refractivity (Wildman–Crippen MR) is 73.7 cm³/mol. The summed E-state index contributed by atoms with van der Waals surface area (Å²) >= 11 is 0. The summed E-state index contributed by atoms with van der Waals surface area (Å²) in [6.07, 6.45) is 4.04. The standard InChI is InChI=1S/C13H17N3O2S/c1-10-3-5-11(6-4-10)13(7-14)16-9-12(8-15-16)19(2,17)18/h3-6,8-9,13H,7,14H2,1-2H3. The molecule has 0 radical (unpaired) electrons. The van der Waals surface area contributed by atoms with Crippen molar-refractivity contribution in [2.24, 2.45) is 5.73 Å². The molecule has 1 atom stereocenters. The van der Waals surface area contributed by atoms with E-state index in [1.54, 1.807) is 4.68 Å². The minimum absolute atomic E-state index is 0.156. The third-order valence-electron chi connectivity index (χ3n) is 3.01. The SMILES string of the molecule is Cc1ccc(C(CN)n2cc(S(C)(=O)=O)cn2)cc1. The molecule has 2 N–H and O–H groups in total. The van der Waals surface area contributed by atoms with Crippen LogP contribution in [0, 0.1) is 6.92 Å². The molecule has 0 aliphatic heterocycles. The molecule has 0 aliphatic rings. The highest BCUT2D eigenvalue weighted by molar-refractivity contribution is 7.90. The summed E-state index contributed by atoms with van der Waals surface area (Å²) in [6.45, 7) is 2.37. The smallest absolute Gasteiger partial charge is 0.178 e. The van der Waals surface area contributed by atoms with Gasteiger partial charge in [0.15, 0.2) is 9.84 Å². The van der Waals surface area contributed by atoms with Crippen LogP contribution < -0.4 is 5.73 Å². The van der Waals surface area contributed by atoms with Gasteiger partial charge in [-0.05, 0) is 12.5 Å². The second-order valence-corrected chi connectivity index (χ2v) is 6.61. The van der Waals surface area contributed by atoms with Crippen LogP contribution in [0.25, 0.3) is 0 Å². The first kappa shape index (κ1) is 13.8. The van der Waals surface area contributed by atoms with Crippen molar-refractivity contribution < 1.29 is 8.42 Å². The molecule has 102 valence electrons. The Morgan fingerprint density at radius 2 is 1.95 bits per heavy atom. The first-order chi connectivity index (χ1) is 8.91. The largest absolute Gasteiger partial charge is 0.328 e. The van der Waals surface area contributed by atoms with E-state index in [-0.39, 0.29) is 10.9 Å². The third kappa shape index (κ3) is 3.02. The number of hydrogen-bond donors (Lipinski definition) is 1. The van der Waals surface area contributed by atoms with E-state index in [1.807, 2.05) is 31.2 Å². The zero-order valence-corrected chi connectivity index (χ0v) is 11.8. The molecular formula is C13H17N3O2S. The number of benzene rings is 1. The highest BCUT2D eigenvalue weighted by Gasteiger charge is 2.16. The molecule has 1 aromatic heterocycles. The molecule has 0 saturated heterocycles. The van der Waals surface area contributed by atoms with Gasteiger partial charge < -0.3 is 5.73 Å². The van der Waals surface area contributed by atoms with Crippen LogP contribution in [-0.4, -0.2) is 31.0 Å². The highest BCUT2D eigenvalue weighted by Crippen LogP contribution is 2.19. The van der Waals surface area contributed by atoms with E-state index in [4.69, 9.17) is 5.73 Å². The van der Waals surface area contributed by atoms with E-state index >= 15 is 0 Å². The molecule has 0 aliphatic carbocycles. The topological polar surface area (TPSA) is 78.0 Å². The number of aromatic nitrogens is 2. The lowest BCUT2D eigenvalue weighted by Gasteiger charge is -2.16. The van der Waals surface area contributed by atoms with Crippen molar-refractivity contribution in [2.45, 2.75) is 17.9 Å². The van der Waals surface area contributed by atoms with Crippen LogP contribution in [0.3, 0.4) is 0 Å². The van der Waals surface area contributed by atoms with Gasteiger partial charge in [-0.1, -0.05) is 29.8 Å². The first-order valence-corrected chi connectivity index (χ1v) is 7.82. The van der Waals surface area contributed by atoms with Crippen molar-refractivity contribution in [3.8, 4) is 0 Å². The number of aryl methyl sites for hydroxylation is 1. The zero-order valence-electron chi connectivity index (χ0n) is 10.9. The monoisotopic (exact) mass is 279 g/mol. The van der Waals surface area contributed by atoms with Crippen LogP contribution in [-0.2, 0) is 9.84 Å². The molecule has 0 amide bonds. The maximum Gasteiger partial charge on any atom is 0.178 e. The zero-order chi connectivity index (χ0) is 14.0. The van der Waals surface area contributed by atoms with Gasteiger partial charge in [0, 0.05) is 19.0 Å². The Hall–Kier alpha value is -1.66. The molecule has 0 spiro atoms. The van der Waals surface area contributed by atoms with Crippen LogP contribution in [0.1, 0.15) is 17.2 Å². The van der Waals surface area contributed by atoms with E-state index in [0.29, 0.717) is 6.54 Å². The summed E-state index contributed by atoms with van der Waals surface area (Å²) in [5, 5.41) is 4.11. The summed E-state index contributed by atoms with van der Waals surface area (Å²) in [4.78, 5) is 0.207. The highest BCUT2D eigenvalue weighted by atomic mass is 32.2. The lowest BCUT2D eigenvalue weighted by atomic mass is 10.1. The van der Waals surface area contributed by atoms with Gasteiger partial charge in [-0.2, -0.15) is 5.10 Å². The number of sulfone groups is 1.